The average Bonchev–Trinajstić information content (AvgIpc) is 2.47. The first-order valence-electron chi connectivity index (χ1n) is 6.80. The molecule has 2 nitrogen and oxygen atoms in total. The van der Waals surface area contributed by atoms with Gasteiger partial charge >= 0.3 is 0 Å². The lowest BCUT2D eigenvalue weighted by atomic mass is 9.76. The predicted molar refractivity (Wildman–Crippen MR) is 85.7 cm³/mol. The van der Waals surface area contributed by atoms with Crippen LogP contribution < -0.4 is 11.3 Å². The van der Waals surface area contributed by atoms with Crippen molar-refractivity contribution in [3.63, 3.8) is 0 Å². The first-order valence-corrected chi connectivity index (χ1v) is 7.18. The fraction of sp³-hybridized carbons (Fsp3) is 0.294. The van der Waals surface area contributed by atoms with E-state index in [2.05, 4.69) is 43.5 Å². The topological polar surface area (TPSA) is 38.0 Å². The molecular formula is C17H21ClN2. The number of hydrazine groups is 1. The molecule has 0 fully saturated rings. The Morgan fingerprint density at radius 3 is 2.25 bits per heavy atom. The minimum Gasteiger partial charge on any atom is -0.271 e. The van der Waals surface area contributed by atoms with Crippen LogP contribution in [-0.2, 0) is 11.8 Å². The van der Waals surface area contributed by atoms with Crippen molar-refractivity contribution in [3.05, 3.63) is 70.7 Å². The molecule has 3 N–H and O–H groups in total. The van der Waals surface area contributed by atoms with Crippen LogP contribution in [0, 0.1) is 0 Å². The molecule has 0 bridgehead atoms. The van der Waals surface area contributed by atoms with Crippen LogP contribution in [0.4, 0.5) is 0 Å². The summed E-state index contributed by atoms with van der Waals surface area (Å²) in [6, 6.07) is 18.4. The van der Waals surface area contributed by atoms with Gasteiger partial charge in [0.25, 0.3) is 0 Å². The van der Waals surface area contributed by atoms with Gasteiger partial charge in [-0.05, 0) is 23.6 Å². The van der Waals surface area contributed by atoms with Crippen LogP contribution in [0.5, 0.6) is 0 Å². The van der Waals surface area contributed by atoms with Crippen molar-refractivity contribution in [1.29, 1.82) is 0 Å². The molecule has 1 unspecified atom stereocenters. The van der Waals surface area contributed by atoms with Gasteiger partial charge in [0.15, 0.2) is 0 Å². The molecule has 2 rings (SSSR count). The van der Waals surface area contributed by atoms with Crippen molar-refractivity contribution < 1.29 is 0 Å². The first kappa shape index (κ1) is 15.0. The lowest BCUT2D eigenvalue weighted by Crippen LogP contribution is -2.49. The number of halogens is 1. The third kappa shape index (κ3) is 3.21. The van der Waals surface area contributed by atoms with Crippen LogP contribution >= 0.6 is 11.6 Å². The van der Waals surface area contributed by atoms with Crippen molar-refractivity contribution in [2.45, 2.75) is 31.7 Å². The molecule has 0 aliphatic carbocycles. The van der Waals surface area contributed by atoms with Crippen molar-refractivity contribution in [2.24, 2.45) is 5.84 Å². The molecular weight excluding hydrogens is 268 g/mol. The largest absolute Gasteiger partial charge is 0.271 e. The second-order valence-electron chi connectivity index (χ2n) is 5.60. The summed E-state index contributed by atoms with van der Waals surface area (Å²) >= 11 is 6.25. The lowest BCUT2D eigenvalue weighted by molar-refractivity contribution is 0.342. The van der Waals surface area contributed by atoms with Gasteiger partial charge in [-0.15, -0.1) is 0 Å². The highest BCUT2D eigenvalue weighted by molar-refractivity contribution is 6.31. The molecule has 0 saturated heterocycles. The maximum absolute atomic E-state index is 6.25. The van der Waals surface area contributed by atoms with Gasteiger partial charge in [-0.2, -0.15) is 0 Å². The minimum atomic E-state index is -0.0881. The van der Waals surface area contributed by atoms with Crippen molar-refractivity contribution in [1.82, 2.24) is 5.43 Å². The Bertz CT molecular complexity index is 552. The highest BCUT2D eigenvalue weighted by Gasteiger charge is 2.30. The SMILES string of the molecule is CC(C)(c1ccccc1)C(Cc1ccccc1Cl)NN. The first-order chi connectivity index (χ1) is 9.55. The van der Waals surface area contributed by atoms with E-state index in [1.807, 2.05) is 30.3 Å². The maximum atomic E-state index is 6.25. The van der Waals surface area contributed by atoms with E-state index < -0.39 is 0 Å². The Morgan fingerprint density at radius 2 is 1.65 bits per heavy atom. The Kier molecular flexibility index (Phi) is 4.81. The average molecular weight is 289 g/mol. The molecule has 0 heterocycles. The number of hydrogen-bond donors (Lipinski definition) is 2. The molecule has 0 amide bonds. The molecule has 106 valence electrons. The molecule has 1 atom stereocenters. The molecule has 2 aromatic rings. The molecule has 0 aliphatic heterocycles. The summed E-state index contributed by atoms with van der Waals surface area (Å²) in [5.74, 6) is 5.80. The van der Waals surface area contributed by atoms with E-state index in [1.54, 1.807) is 0 Å². The van der Waals surface area contributed by atoms with Gasteiger partial charge in [0.2, 0.25) is 0 Å². The third-order valence-corrected chi connectivity index (χ3v) is 4.34. The lowest BCUT2D eigenvalue weighted by Gasteiger charge is -2.35. The summed E-state index contributed by atoms with van der Waals surface area (Å²) in [4.78, 5) is 0. The molecule has 0 spiro atoms. The zero-order valence-electron chi connectivity index (χ0n) is 11.9. The fourth-order valence-electron chi connectivity index (χ4n) is 2.48. The van der Waals surface area contributed by atoms with Gasteiger partial charge in [-0.3, -0.25) is 11.3 Å². The van der Waals surface area contributed by atoms with Crippen molar-refractivity contribution in [3.8, 4) is 0 Å². The number of nitrogens with one attached hydrogen (secondary N) is 1. The standard InChI is InChI=1S/C17H21ClN2/c1-17(2,14-9-4-3-5-10-14)16(20-19)12-13-8-6-7-11-15(13)18/h3-11,16,20H,12,19H2,1-2H3. The predicted octanol–water partition coefficient (Wildman–Crippen LogP) is 3.69. The van der Waals surface area contributed by atoms with Crippen LogP contribution in [-0.4, -0.2) is 6.04 Å². The number of hydrogen-bond acceptors (Lipinski definition) is 2. The number of rotatable bonds is 5. The van der Waals surface area contributed by atoms with E-state index in [-0.39, 0.29) is 11.5 Å². The number of benzene rings is 2. The van der Waals surface area contributed by atoms with Crippen LogP contribution in [0.1, 0.15) is 25.0 Å². The van der Waals surface area contributed by atoms with Gasteiger partial charge in [0, 0.05) is 16.5 Å². The van der Waals surface area contributed by atoms with Crippen molar-refractivity contribution >= 4 is 11.6 Å². The van der Waals surface area contributed by atoms with E-state index in [4.69, 9.17) is 17.4 Å². The second-order valence-corrected chi connectivity index (χ2v) is 6.01. The smallest absolute Gasteiger partial charge is 0.0438 e. The molecule has 0 radical (unpaired) electrons. The summed E-state index contributed by atoms with van der Waals surface area (Å²) in [5, 5.41) is 0.789. The minimum absolute atomic E-state index is 0.0881. The quantitative estimate of drug-likeness (QED) is 0.650. The van der Waals surface area contributed by atoms with Gasteiger partial charge in [0.1, 0.15) is 0 Å². The molecule has 20 heavy (non-hydrogen) atoms. The molecule has 2 aromatic carbocycles. The Labute approximate surface area is 125 Å². The Hall–Kier alpha value is -1.35. The molecule has 3 heteroatoms. The summed E-state index contributed by atoms with van der Waals surface area (Å²) in [6.07, 6.45) is 0.790. The summed E-state index contributed by atoms with van der Waals surface area (Å²) in [5.41, 5.74) is 5.24. The highest BCUT2D eigenvalue weighted by Crippen LogP contribution is 2.30. The van der Waals surface area contributed by atoms with E-state index in [9.17, 15) is 0 Å². The second kappa shape index (κ2) is 6.40. The molecule has 0 saturated carbocycles. The molecule has 0 aliphatic rings. The van der Waals surface area contributed by atoms with Gasteiger partial charge in [-0.25, -0.2) is 0 Å². The van der Waals surface area contributed by atoms with Gasteiger partial charge < -0.3 is 0 Å². The van der Waals surface area contributed by atoms with E-state index in [0.717, 1.165) is 17.0 Å². The third-order valence-electron chi connectivity index (χ3n) is 3.97. The van der Waals surface area contributed by atoms with Gasteiger partial charge in [-0.1, -0.05) is 74.0 Å². The van der Waals surface area contributed by atoms with E-state index in [0.29, 0.717) is 0 Å². The summed E-state index contributed by atoms with van der Waals surface area (Å²) in [6.45, 7) is 4.40. The van der Waals surface area contributed by atoms with Crippen molar-refractivity contribution in [2.75, 3.05) is 0 Å². The van der Waals surface area contributed by atoms with Crippen LogP contribution in [0.25, 0.3) is 0 Å². The van der Waals surface area contributed by atoms with Crippen LogP contribution in [0.15, 0.2) is 54.6 Å². The summed E-state index contributed by atoms with van der Waals surface area (Å²) in [7, 11) is 0. The van der Waals surface area contributed by atoms with Crippen LogP contribution in [0.2, 0.25) is 5.02 Å². The maximum Gasteiger partial charge on any atom is 0.0438 e. The Morgan fingerprint density at radius 1 is 1.05 bits per heavy atom. The zero-order chi connectivity index (χ0) is 14.6. The monoisotopic (exact) mass is 288 g/mol. The zero-order valence-corrected chi connectivity index (χ0v) is 12.7. The van der Waals surface area contributed by atoms with Gasteiger partial charge in [0.05, 0.1) is 0 Å². The van der Waals surface area contributed by atoms with Crippen LogP contribution in [0.3, 0.4) is 0 Å². The highest BCUT2D eigenvalue weighted by atomic mass is 35.5. The summed E-state index contributed by atoms with van der Waals surface area (Å²) < 4.78 is 0. The fourth-order valence-corrected chi connectivity index (χ4v) is 2.69. The normalized spacial score (nSPS) is 13.2. The number of nitrogens with two attached hydrogens (primary N) is 1. The van der Waals surface area contributed by atoms with E-state index >= 15 is 0 Å². The molecule has 0 aromatic heterocycles. The Balaban J connectivity index is 2.26. The van der Waals surface area contributed by atoms with E-state index in [1.165, 1.54) is 5.56 Å².